The van der Waals surface area contributed by atoms with E-state index in [1.165, 1.54) is 0 Å². The molecule has 8 heteroatoms. The molecule has 1 aromatic rings. The second-order valence-corrected chi connectivity index (χ2v) is 7.18. The summed E-state index contributed by atoms with van der Waals surface area (Å²) in [4.78, 5) is -0.279. The van der Waals surface area contributed by atoms with Crippen LogP contribution in [0.25, 0.3) is 0 Å². The van der Waals surface area contributed by atoms with Gasteiger partial charge in [0.05, 0.1) is 34.1 Å². The molecule has 0 spiro atoms. The fourth-order valence-electron chi connectivity index (χ4n) is 2.35. The first-order chi connectivity index (χ1) is 9.59. The molecule has 2 N–H and O–H groups in total. The van der Waals surface area contributed by atoms with Crippen LogP contribution in [-0.4, -0.2) is 26.4 Å². The Morgan fingerprint density at radius 3 is 2.48 bits per heavy atom. The average Bonchev–Trinajstić information content (AvgIpc) is 2.72. The number of nitrogen functional groups attached to an aromatic ring is 1. The Morgan fingerprint density at radius 1 is 1.33 bits per heavy atom. The van der Waals surface area contributed by atoms with E-state index in [-0.39, 0.29) is 16.8 Å². The highest BCUT2D eigenvalue weighted by molar-refractivity contribution is 7.91. The summed E-state index contributed by atoms with van der Waals surface area (Å²) in [6.07, 6.45) is -3.62. The highest BCUT2D eigenvalue weighted by atomic mass is 32.2. The molecule has 1 aromatic carbocycles. The number of hydrogen-bond acceptors (Lipinski definition) is 4. The van der Waals surface area contributed by atoms with Crippen molar-refractivity contribution >= 4 is 15.5 Å². The Bertz CT molecular complexity index is 628. The van der Waals surface area contributed by atoms with Crippen molar-refractivity contribution in [2.45, 2.75) is 43.0 Å². The minimum atomic E-state index is -4.56. The Labute approximate surface area is 121 Å². The van der Waals surface area contributed by atoms with Gasteiger partial charge in [-0.05, 0) is 38.0 Å². The minimum Gasteiger partial charge on any atom is -0.398 e. The maximum absolute atomic E-state index is 12.5. The van der Waals surface area contributed by atoms with Gasteiger partial charge < -0.3 is 10.5 Å². The zero-order chi connectivity index (χ0) is 15.8. The molecule has 1 aliphatic rings. The predicted molar refractivity (Wildman–Crippen MR) is 71.5 cm³/mol. The Balaban J connectivity index is 2.24. The normalized spacial score (nSPS) is 23.4. The number of benzene rings is 1. The lowest BCUT2D eigenvalue weighted by Gasteiger charge is -2.14. The highest BCUT2D eigenvalue weighted by Gasteiger charge is 2.33. The summed E-state index contributed by atoms with van der Waals surface area (Å²) in [5.41, 5.74) is 4.13. The van der Waals surface area contributed by atoms with E-state index in [0.717, 1.165) is 18.6 Å². The van der Waals surface area contributed by atoms with Crippen molar-refractivity contribution in [2.24, 2.45) is 0 Å². The molecule has 118 valence electrons. The summed E-state index contributed by atoms with van der Waals surface area (Å²) in [7, 11) is -3.78. The van der Waals surface area contributed by atoms with Gasteiger partial charge in [-0.1, -0.05) is 0 Å². The van der Waals surface area contributed by atoms with Crippen LogP contribution in [-0.2, 0) is 20.8 Å². The molecule has 21 heavy (non-hydrogen) atoms. The molecule has 0 saturated carbocycles. The number of rotatable bonds is 3. The number of nitrogens with two attached hydrogens (primary N) is 1. The van der Waals surface area contributed by atoms with Crippen LogP contribution in [0.1, 0.15) is 25.3 Å². The van der Waals surface area contributed by atoms with Crippen molar-refractivity contribution in [1.82, 2.24) is 0 Å². The van der Waals surface area contributed by atoms with Crippen molar-refractivity contribution in [3.63, 3.8) is 0 Å². The summed E-state index contributed by atoms with van der Waals surface area (Å²) < 4.78 is 67.5. The third kappa shape index (κ3) is 3.68. The van der Waals surface area contributed by atoms with Crippen LogP contribution in [0.5, 0.6) is 0 Å². The summed E-state index contributed by atoms with van der Waals surface area (Å²) in [5.74, 6) is -0.271. The van der Waals surface area contributed by atoms with Gasteiger partial charge in [-0.25, -0.2) is 8.42 Å². The number of halogens is 3. The summed E-state index contributed by atoms with van der Waals surface area (Å²) in [5, 5.41) is 0. The lowest BCUT2D eigenvalue weighted by atomic mass is 10.2. The van der Waals surface area contributed by atoms with Crippen molar-refractivity contribution in [2.75, 3.05) is 11.5 Å². The quantitative estimate of drug-likeness (QED) is 0.868. The van der Waals surface area contributed by atoms with E-state index in [1.54, 1.807) is 0 Å². The Hall–Kier alpha value is -1.28. The van der Waals surface area contributed by atoms with Crippen LogP contribution in [0.3, 0.4) is 0 Å². The molecular weight excluding hydrogens is 307 g/mol. The monoisotopic (exact) mass is 323 g/mol. The zero-order valence-electron chi connectivity index (χ0n) is 11.4. The van der Waals surface area contributed by atoms with Gasteiger partial charge >= 0.3 is 6.18 Å². The predicted octanol–water partition coefficient (Wildman–Crippen LogP) is 2.63. The van der Waals surface area contributed by atoms with Crippen molar-refractivity contribution < 1.29 is 26.3 Å². The molecule has 0 amide bonds. The van der Waals surface area contributed by atoms with Gasteiger partial charge in [-0.2, -0.15) is 13.2 Å². The number of sulfone groups is 1. The first-order valence-electron chi connectivity index (χ1n) is 6.44. The van der Waals surface area contributed by atoms with E-state index in [0.29, 0.717) is 12.5 Å². The second-order valence-electron chi connectivity index (χ2n) is 5.18. The standard InChI is InChI=1S/C13H16F3NO3S/c1-8-2-4-10(20-8)7-21(18,19)12-5-3-9(6-11(12)17)13(14,15)16/h3,5-6,8,10H,2,4,7,17H2,1H3. The van der Waals surface area contributed by atoms with Crippen LogP contribution in [0.4, 0.5) is 18.9 Å². The second kappa shape index (κ2) is 5.49. The maximum Gasteiger partial charge on any atom is 0.416 e. The van der Waals surface area contributed by atoms with Crippen LogP contribution in [0.15, 0.2) is 23.1 Å². The first kappa shape index (κ1) is 16.1. The van der Waals surface area contributed by atoms with Gasteiger partial charge in [0.2, 0.25) is 0 Å². The van der Waals surface area contributed by atoms with E-state index >= 15 is 0 Å². The Kier molecular flexibility index (Phi) is 4.21. The summed E-state index contributed by atoms with van der Waals surface area (Å²) in [6, 6.07) is 2.28. The molecule has 1 fully saturated rings. The van der Waals surface area contributed by atoms with E-state index in [4.69, 9.17) is 10.5 Å². The number of hydrogen-bond donors (Lipinski definition) is 1. The number of ether oxygens (including phenoxy) is 1. The number of anilines is 1. The molecule has 0 aliphatic carbocycles. The molecular formula is C13H16F3NO3S. The van der Waals surface area contributed by atoms with Crippen molar-refractivity contribution in [1.29, 1.82) is 0 Å². The molecule has 1 aliphatic heterocycles. The zero-order valence-corrected chi connectivity index (χ0v) is 12.2. The Morgan fingerprint density at radius 2 is 2.00 bits per heavy atom. The minimum absolute atomic E-state index is 0.00449. The van der Waals surface area contributed by atoms with Crippen LogP contribution < -0.4 is 5.73 Å². The van der Waals surface area contributed by atoms with Crippen molar-refractivity contribution in [3.8, 4) is 0 Å². The van der Waals surface area contributed by atoms with E-state index in [9.17, 15) is 21.6 Å². The summed E-state index contributed by atoms with van der Waals surface area (Å²) >= 11 is 0. The highest BCUT2D eigenvalue weighted by Crippen LogP contribution is 2.33. The molecule has 0 radical (unpaired) electrons. The molecule has 1 saturated heterocycles. The van der Waals surface area contributed by atoms with Crippen molar-refractivity contribution in [3.05, 3.63) is 23.8 Å². The van der Waals surface area contributed by atoms with E-state index in [1.807, 2.05) is 6.92 Å². The largest absolute Gasteiger partial charge is 0.416 e. The van der Waals surface area contributed by atoms with E-state index < -0.39 is 33.4 Å². The topological polar surface area (TPSA) is 69.4 Å². The average molecular weight is 323 g/mol. The van der Waals surface area contributed by atoms with Gasteiger partial charge in [0, 0.05) is 0 Å². The molecule has 2 rings (SSSR count). The molecule has 2 unspecified atom stereocenters. The van der Waals surface area contributed by atoms with Gasteiger partial charge in [-0.3, -0.25) is 0 Å². The smallest absolute Gasteiger partial charge is 0.398 e. The van der Waals surface area contributed by atoms with Gasteiger partial charge in [0.1, 0.15) is 0 Å². The third-order valence-corrected chi connectivity index (χ3v) is 5.25. The fraction of sp³-hybridized carbons (Fsp3) is 0.538. The van der Waals surface area contributed by atoms with Crippen LogP contribution in [0.2, 0.25) is 0 Å². The molecule has 2 atom stereocenters. The van der Waals surface area contributed by atoms with E-state index in [2.05, 4.69) is 0 Å². The lowest BCUT2D eigenvalue weighted by Crippen LogP contribution is -2.22. The molecule has 0 aromatic heterocycles. The SMILES string of the molecule is CC1CCC(CS(=O)(=O)c2ccc(C(F)(F)F)cc2N)O1. The van der Waals surface area contributed by atoms with Crippen LogP contribution >= 0.6 is 0 Å². The summed E-state index contributed by atoms with van der Waals surface area (Å²) in [6.45, 7) is 1.85. The molecule has 0 bridgehead atoms. The maximum atomic E-state index is 12.5. The van der Waals surface area contributed by atoms with Crippen LogP contribution in [0, 0.1) is 0 Å². The van der Waals surface area contributed by atoms with Gasteiger partial charge in [0.25, 0.3) is 0 Å². The van der Waals surface area contributed by atoms with Gasteiger partial charge in [0.15, 0.2) is 9.84 Å². The molecule has 1 heterocycles. The fourth-order valence-corrected chi connectivity index (χ4v) is 3.96. The number of alkyl halides is 3. The third-order valence-electron chi connectivity index (χ3n) is 3.40. The lowest BCUT2D eigenvalue weighted by molar-refractivity contribution is -0.137. The first-order valence-corrected chi connectivity index (χ1v) is 8.10. The molecule has 4 nitrogen and oxygen atoms in total. The van der Waals surface area contributed by atoms with Gasteiger partial charge in [-0.15, -0.1) is 0 Å².